The normalized spacial score (nSPS) is 36.1. The molecule has 1 heterocycles. The predicted octanol–water partition coefficient (Wildman–Crippen LogP) is -1.50. The van der Waals surface area contributed by atoms with Crippen molar-refractivity contribution in [1.82, 2.24) is 0 Å². The van der Waals surface area contributed by atoms with E-state index in [4.69, 9.17) is 20.1 Å². The fraction of sp³-hybridized carbons (Fsp3) is 1.00. The lowest BCUT2D eigenvalue weighted by Gasteiger charge is -2.39. The van der Waals surface area contributed by atoms with Gasteiger partial charge < -0.3 is 29.9 Å². The molecule has 1 aliphatic rings. The zero-order valence-electron chi connectivity index (χ0n) is 9.66. The minimum Gasteiger partial charge on any atom is -0.394 e. The molecule has 1 saturated heterocycles. The molecule has 18 heavy (non-hydrogen) atoms. The van der Waals surface area contributed by atoms with Crippen LogP contribution < -0.4 is 0 Å². The summed E-state index contributed by atoms with van der Waals surface area (Å²) >= 11 is 0. The van der Waals surface area contributed by atoms with Crippen molar-refractivity contribution >= 4 is 0 Å². The van der Waals surface area contributed by atoms with Crippen LogP contribution in [0, 0.1) is 0 Å². The first-order valence-electron chi connectivity index (χ1n) is 5.54. The number of azide groups is 1. The molecule has 4 N–H and O–H groups in total. The van der Waals surface area contributed by atoms with Crippen LogP contribution in [0.3, 0.4) is 0 Å². The molecule has 0 spiro atoms. The SMILES string of the molecule is [N-]=[N+]=NCCCOC1OC(CO)C(O)C(O)C1O. The fourth-order valence-corrected chi connectivity index (χ4v) is 1.58. The molecule has 9 nitrogen and oxygen atoms in total. The first-order chi connectivity index (χ1) is 8.61. The summed E-state index contributed by atoms with van der Waals surface area (Å²) in [6.07, 6.45) is -5.93. The van der Waals surface area contributed by atoms with E-state index in [0.29, 0.717) is 6.42 Å². The maximum atomic E-state index is 9.60. The molecule has 5 atom stereocenters. The predicted molar refractivity (Wildman–Crippen MR) is 58.3 cm³/mol. The van der Waals surface area contributed by atoms with Crippen molar-refractivity contribution in [3.05, 3.63) is 10.4 Å². The van der Waals surface area contributed by atoms with Crippen LogP contribution in [-0.2, 0) is 9.47 Å². The third-order valence-corrected chi connectivity index (χ3v) is 2.60. The second kappa shape index (κ2) is 7.49. The maximum Gasteiger partial charge on any atom is 0.186 e. The number of hydrogen-bond acceptors (Lipinski definition) is 7. The average Bonchev–Trinajstić information content (AvgIpc) is 2.38. The van der Waals surface area contributed by atoms with Gasteiger partial charge in [-0.3, -0.25) is 0 Å². The molecule has 0 aromatic heterocycles. The zero-order valence-corrected chi connectivity index (χ0v) is 9.66. The van der Waals surface area contributed by atoms with Crippen molar-refractivity contribution in [2.75, 3.05) is 19.8 Å². The van der Waals surface area contributed by atoms with Gasteiger partial charge in [0.1, 0.15) is 24.4 Å². The van der Waals surface area contributed by atoms with Gasteiger partial charge in [-0.15, -0.1) is 0 Å². The minimum atomic E-state index is -1.45. The molecule has 1 fully saturated rings. The summed E-state index contributed by atoms with van der Waals surface area (Å²) in [5.74, 6) is 0. The van der Waals surface area contributed by atoms with Crippen molar-refractivity contribution in [2.24, 2.45) is 5.11 Å². The van der Waals surface area contributed by atoms with Gasteiger partial charge in [-0.05, 0) is 12.0 Å². The summed E-state index contributed by atoms with van der Waals surface area (Å²) < 4.78 is 10.3. The van der Waals surface area contributed by atoms with E-state index in [1.54, 1.807) is 0 Å². The zero-order chi connectivity index (χ0) is 13.5. The van der Waals surface area contributed by atoms with Crippen molar-refractivity contribution in [1.29, 1.82) is 0 Å². The molecule has 0 saturated carbocycles. The summed E-state index contributed by atoms with van der Waals surface area (Å²) in [5, 5.41) is 40.8. The van der Waals surface area contributed by atoms with Gasteiger partial charge in [0.2, 0.25) is 0 Å². The Labute approximate surface area is 103 Å². The van der Waals surface area contributed by atoms with Crippen molar-refractivity contribution < 1.29 is 29.9 Å². The quantitative estimate of drug-likeness (QED) is 0.198. The number of rotatable bonds is 6. The summed E-state index contributed by atoms with van der Waals surface area (Å²) in [6, 6.07) is 0. The monoisotopic (exact) mass is 263 g/mol. The van der Waals surface area contributed by atoms with Gasteiger partial charge in [0.15, 0.2) is 6.29 Å². The highest BCUT2D eigenvalue weighted by Crippen LogP contribution is 2.21. The standard InChI is InChI=1S/C9H17N3O6/c10-12-11-2-1-3-17-9-8(16)7(15)6(14)5(4-13)18-9/h5-9,13-16H,1-4H2. The van der Waals surface area contributed by atoms with Gasteiger partial charge in [0.25, 0.3) is 0 Å². The van der Waals surface area contributed by atoms with Gasteiger partial charge >= 0.3 is 0 Å². The van der Waals surface area contributed by atoms with E-state index < -0.39 is 37.3 Å². The maximum absolute atomic E-state index is 9.60. The van der Waals surface area contributed by atoms with Crippen LogP contribution in [0.15, 0.2) is 5.11 Å². The summed E-state index contributed by atoms with van der Waals surface area (Å²) in [7, 11) is 0. The van der Waals surface area contributed by atoms with E-state index in [0.717, 1.165) is 0 Å². The molecule has 0 aliphatic carbocycles. The van der Waals surface area contributed by atoms with Crippen LogP contribution >= 0.6 is 0 Å². The highest BCUT2D eigenvalue weighted by Gasteiger charge is 2.43. The molecule has 1 aliphatic heterocycles. The van der Waals surface area contributed by atoms with Gasteiger partial charge in [-0.1, -0.05) is 5.11 Å². The Morgan fingerprint density at radius 1 is 1.22 bits per heavy atom. The van der Waals surface area contributed by atoms with Gasteiger partial charge in [-0.2, -0.15) is 0 Å². The highest BCUT2D eigenvalue weighted by atomic mass is 16.7. The minimum absolute atomic E-state index is 0.154. The number of aliphatic hydroxyl groups excluding tert-OH is 4. The number of ether oxygens (including phenoxy) is 2. The molecule has 5 unspecified atom stereocenters. The van der Waals surface area contributed by atoms with E-state index >= 15 is 0 Å². The molecule has 1 rings (SSSR count). The second-order valence-electron chi connectivity index (χ2n) is 3.88. The van der Waals surface area contributed by atoms with Crippen LogP contribution in [-0.4, -0.2) is 70.9 Å². The fourth-order valence-electron chi connectivity index (χ4n) is 1.58. The second-order valence-corrected chi connectivity index (χ2v) is 3.88. The number of aliphatic hydroxyl groups is 4. The van der Waals surface area contributed by atoms with Crippen LogP contribution in [0.2, 0.25) is 0 Å². The smallest absolute Gasteiger partial charge is 0.186 e. The van der Waals surface area contributed by atoms with E-state index in [-0.39, 0.29) is 13.2 Å². The highest BCUT2D eigenvalue weighted by molar-refractivity contribution is 4.88. The molecular formula is C9H17N3O6. The summed E-state index contributed by atoms with van der Waals surface area (Å²) in [5.41, 5.74) is 8.05. The van der Waals surface area contributed by atoms with Crippen LogP contribution in [0.4, 0.5) is 0 Å². The first kappa shape index (κ1) is 15.1. The third kappa shape index (κ3) is 3.79. The Balaban J connectivity index is 2.41. The van der Waals surface area contributed by atoms with Crippen molar-refractivity contribution in [3.63, 3.8) is 0 Å². The van der Waals surface area contributed by atoms with Gasteiger partial charge in [0.05, 0.1) is 6.61 Å². The van der Waals surface area contributed by atoms with Crippen molar-refractivity contribution in [3.8, 4) is 0 Å². The largest absolute Gasteiger partial charge is 0.394 e. The Morgan fingerprint density at radius 3 is 2.56 bits per heavy atom. The third-order valence-electron chi connectivity index (χ3n) is 2.60. The Kier molecular flexibility index (Phi) is 6.30. The number of nitrogens with zero attached hydrogens (tertiary/aromatic N) is 3. The van der Waals surface area contributed by atoms with Crippen molar-refractivity contribution in [2.45, 2.75) is 37.1 Å². The molecule has 9 heteroatoms. The lowest BCUT2D eigenvalue weighted by atomic mass is 9.99. The molecule has 104 valence electrons. The van der Waals surface area contributed by atoms with Crippen LogP contribution in [0.25, 0.3) is 10.4 Å². The lowest BCUT2D eigenvalue weighted by Crippen LogP contribution is -2.59. The first-order valence-corrected chi connectivity index (χ1v) is 5.54. The Hall–Kier alpha value is -0.930. The Morgan fingerprint density at radius 2 is 1.94 bits per heavy atom. The molecular weight excluding hydrogens is 246 g/mol. The molecule has 0 aromatic rings. The molecule has 0 aromatic carbocycles. The topological polar surface area (TPSA) is 148 Å². The average molecular weight is 263 g/mol. The van der Waals surface area contributed by atoms with E-state index in [1.807, 2.05) is 0 Å². The molecule has 0 radical (unpaired) electrons. The van der Waals surface area contributed by atoms with Crippen LogP contribution in [0.5, 0.6) is 0 Å². The molecule has 0 bridgehead atoms. The summed E-state index contributed by atoms with van der Waals surface area (Å²) in [4.78, 5) is 2.56. The van der Waals surface area contributed by atoms with Gasteiger partial charge in [-0.25, -0.2) is 0 Å². The van der Waals surface area contributed by atoms with Gasteiger partial charge in [0, 0.05) is 18.1 Å². The van der Waals surface area contributed by atoms with E-state index in [2.05, 4.69) is 10.0 Å². The lowest BCUT2D eigenvalue weighted by molar-refractivity contribution is -0.301. The Bertz CT molecular complexity index is 296. The van der Waals surface area contributed by atoms with E-state index in [1.165, 1.54) is 0 Å². The summed E-state index contributed by atoms with van der Waals surface area (Å²) in [6.45, 7) is -0.0981. The van der Waals surface area contributed by atoms with E-state index in [9.17, 15) is 15.3 Å². The molecule has 0 amide bonds. The van der Waals surface area contributed by atoms with Crippen LogP contribution in [0.1, 0.15) is 6.42 Å². The number of hydrogen-bond donors (Lipinski definition) is 4.